The Hall–Kier alpha value is -1.76. The Kier molecular flexibility index (Phi) is 5.60. The van der Waals surface area contributed by atoms with Gasteiger partial charge in [0.25, 0.3) is 0 Å². The third-order valence-electron chi connectivity index (χ3n) is 4.50. The zero-order valence-electron chi connectivity index (χ0n) is 14.0. The second-order valence-corrected chi connectivity index (χ2v) is 7.17. The van der Waals surface area contributed by atoms with E-state index in [2.05, 4.69) is 15.2 Å². The first-order chi connectivity index (χ1) is 11.7. The number of nitrogens with one attached hydrogen (secondary N) is 1. The van der Waals surface area contributed by atoms with Crippen molar-refractivity contribution in [2.75, 3.05) is 34.9 Å². The van der Waals surface area contributed by atoms with Gasteiger partial charge in [-0.15, -0.1) is 11.8 Å². The summed E-state index contributed by atoms with van der Waals surface area (Å²) in [6.45, 7) is 3.92. The Balaban J connectivity index is 1.61. The van der Waals surface area contributed by atoms with Gasteiger partial charge in [-0.05, 0) is 31.4 Å². The Bertz CT molecular complexity index is 587. The third-order valence-corrected chi connectivity index (χ3v) is 5.52. The van der Waals surface area contributed by atoms with Gasteiger partial charge >= 0.3 is 0 Å². The lowest BCUT2D eigenvalue weighted by atomic mass is 10.1. The lowest BCUT2D eigenvalue weighted by Crippen LogP contribution is -2.44. The standard InChI is InChI=1S/C17H24N4O2S/c1-2-16(22)21-12-24-11-14(21)17(23)19-13-6-7-15(18-10-13)20-8-4-3-5-9-20/h6-7,10,14H,2-5,8-9,11-12H2,1H3,(H,19,23). The molecule has 2 aliphatic heterocycles. The summed E-state index contributed by atoms with van der Waals surface area (Å²) in [5, 5.41) is 2.90. The van der Waals surface area contributed by atoms with E-state index in [-0.39, 0.29) is 17.9 Å². The van der Waals surface area contributed by atoms with E-state index in [4.69, 9.17) is 0 Å². The number of rotatable bonds is 4. The number of carbonyl (C=O) groups excluding carboxylic acids is 2. The highest BCUT2D eigenvalue weighted by Gasteiger charge is 2.33. The van der Waals surface area contributed by atoms with Crippen molar-refractivity contribution < 1.29 is 9.59 Å². The quantitative estimate of drug-likeness (QED) is 0.905. The molecule has 24 heavy (non-hydrogen) atoms. The fraction of sp³-hybridized carbons (Fsp3) is 0.588. The molecule has 0 aliphatic carbocycles. The molecule has 0 spiro atoms. The molecule has 2 fully saturated rings. The molecule has 2 aliphatic rings. The molecule has 1 atom stereocenters. The monoisotopic (exact) mass is 348 g/mol. The summed E-state index contributed by atoms with van der Waals surface area (Å²) in [6.07, 6.45) is 5.84. The Morgan fingerprint density at radius 3 is 2.75 bits per heavy atom. The van der Waals surface area contributed by atoms with Crippen LogP contribution in [0.4, 0.5) is 11.5 Å². The maximum atomic E-state index is 12.5. The van der Waals surface area contributed by atoms with Crippen molar-refractivity contribution in [2.45, 2.75) is 38.6 Å². The van der Waals surface area contributed by atoms with Crippen LogP contribution in [0.15, 0.2) is 18.3 Å². The fourth-order valence-electron chi connectivity index (χ4n) is 3.10. The van der Waals surface area contributed by atoms with E-state index in [1.807, 2.05) is 19.1 Å². The minimum atomic E-state index is -0.385. The highest BCUT2D eigenvalue weighted by Crippen LogP contribution is 2.23. The van der Waals surface area contributed by atoms with Crippen LogP contribution in [-0.4, -0.2) is 52.5 Å². The zero-order chi connectivity index (χ0) is 16.9. The van der Waals surface area contributed by atoms with Gasteiger partial charge in [-0.25, -0.2) is 4.98 Å². The van der Waals surface area contributed by atoms with Crippen LogP contribution in [0, 0.1) is 0 Å². The first kappa shape index (κ1) is 17.1. The number of nitrogens with zero attached hydrogens (tertiary/aromatic N) is 3. The molecular weight excluding hydrogens is 324 g/mol. The number of piperidine rings is 1. The van der Waals surface area contributed by atoms with Crippen LogP contribution in [0.2, 0.25) is 0 Å². The van der Waals surface area contributed by atoms with Gasteiger partial charge < -0.3 is 15.1 Å². The molecule has 7 heteroatoms. The summed E-state index contributed by atoms with van der Waals surface area (Å²) in [4.78, 5) is 32.8. The highest BCUT2D eigenvalue weighted by molar-refractivity contribution is 7.99. The van der Waals surface area contributed by atoms with Gasteiger partial charge in [0.05, 0.1) is 17.8 Å². The molecule has 130 valence electrons. The molecule has 1 aromatic heterocycles. The van der Waals surface area contributed by atoms with E-state index in [9.17, 15) is 9.59 Å². The smallest absolute Gasteiger partial charge is 0.248 e. The van der Waals surface area contributed by atoms with Gasteiger partial charge in [-0.1, -0.05) is 6.92 Å². The Morgan fingerprint density at radius 1 is 1.29 bits per heavy atom. The molecule has 0 aromatic carbocycles. The average molecular weight is 348 g/mol. The molecule has 6 nitrogen and oxygen atoms in total. The molecule has 0 radical (unpaired) electrons. The molecule has 2 saturated heterocycles. The lowest BCUT2D eigenvalue weighted by molar-refractivity contribution is -0.135. The van der Waals surface area contributed by atoms with Crippen LogP contribution >= 0.6 is 11.8 Å². The topological polar surface area (TPSA) is 65.5 Å². The van der Waals surface area contributed by atoms with Gasteiger partial charge in [-0.3, -0.25) is 9.59 Å². The summed E-state index contributed by atoms with van der Waals surface area (Å²) in [5.41, 5.74) is 0.682. The molecule has 2 amide bonds. The Labute approximate surface area is 147 Å². The van der Waals surface area contributed by atoms with Crippen molar-refractivity contribution in [1.29, 1.82) is 0 Å². The molecular formula is C17H24N4O2S. The molecule has 3 heterocycles. The summed E-state index contributed by atoms with van der Waals surface area (Å²) >= 11 is 1.62. The Morgan fingerprint density at radius 2 is 2.08 bits per heavy atom. The number of hydrogen-bond acceptors (Lipinski definition) is 5. The number of pyridine rings is 1. The van der Waals surface area contributed by atoms with Crippen molar-refractivity contribution in [1.82, 2.24) is 9.88 Å². The van der Waals surface area contributed by atoms with Gasteiger partial charge in [0, 0.05) is 25.3 Å². The van der Waals surface area contributed by atoms with Crippen LogP contribution in [0.25, 0.3) is 0 Å². The van der Waals surface area contributed by atoms with E-state index in [1.54, 1.807) is 22.9 Å². The molecule has 0 bridgehead atoms. The number of carbonyl (C=O) groups is 2. The zero-order valence-corrected chi connectivity index (χ0v) is 14.8. The van der Waals surface area contributed by atoms with Crippen LogP contribution in [0.3, 0.4) is 0 Å². The fourth-order valence-corrected chi connectivity index (χ4v) is 4.29. The van der Waals surface area contributed by atoms with Crippen molar-refractivity contribution in [3.05, 3.63) is 18.3 Å². The second-order valence-electron chi connectivity index (χ2n) is 6.17. The van der Waals surface area contributed by atoms with Gasteiger partial charge in [0.15, 0.2) is 0 Å². The number of amides is 2. The van der Waals surface area contributed by atoms with E-state index in [1.165, 1.54) is 19.3 Å². The minimum absolute atomic E-state index is 0.0266. The maximum Gasteiger partial charge on any atom is 0.248 e. The SMILES string of the molecule is CCC(=O)N1CSCC1C(=O)Nc1ccc(N2CCCCC2)nc1. The number of hydrogen-bond donors (Lipinski definition) is 1. The van der Waals surface area contributed by atoms with Crippen LogP contribution in [0.5, 0.6) is 0 Å². The van der Waals surface area contributed by atoms with E-state index >= 15 is 0 Å². The molecule has 1 unspecified atom stereocenters. The number of anilines is 2. The average Bonchev–Trinajstić information content (AvgIpc) is 3.12. The van der Waals surface area contributed by atoms with Crippen molar-refractivity contribution in [3.8, 4) is 0 Å². The van der Waals surface area contributed by atoms with Crippen LogP contribution in [-0.2, 0) is 9.59 Å². The summed E-state index contributed by atoms with van der Waals surface area (Å²) < 4.78 is 0. The van der Waals surface area contributed by atoms with Gasteiger partial charge in [-0.2, -0.15) is 0 Å². The summed E-state index contributed by atoms with van der Waals surface area (Å²) in [7, 11) is 0. The molecule has 1 aromatic rings. The highest BCUT2D eigenvalue weighted by atomic mass is 32.2. The van der Waals surface area contributed by atoms with Gasteiger partial charge in [0.2, 0.25) is 11.8 Å². The largest absolute Gasteiger partial charge is 0.357 e. The van der Waals surface area contributed by atoms with Crippen molar-refractivity contribution in [3.63, 3.8) is 0 Å². The van der Waals surface area contributed by atoms with E-state index in [0.717, 1.165) is 18.9 Å². The van der Waals surface area contributed by atoms with E-state index in [0.29, 0.717) is 23.7 Å². The van der Waals surface area contributed by atoms with E-state index < -0.39 is 0 Å². The maximum absolute atomic E-state index is 12.5. The molecule has 3 rings (SSSR count). The van der Waals surface area contributed by atoms with Crippen LogP contribution < -0.4 is 10.2 Å². The summed E-state index contributed by atoms with van der Waals surface area (Å²) in [5.74, 6) is 2.10. The number of aromatic nitrogens is 1. The minimum Gasteiger partial charge on any atom is -0.357 e. The van der Waals surface area contributed by atoms with Gasteiger partial charge in [0.1, 0.15) is 11.9 Å². The second kappa shape index (κ2) is 7.88. The number of thioether (sulfide) groups is 1. The first-order valence-electron chi connectivity index (χ1n) is 8.58. The lowest BCUT2D eigenvalue weighted by Gasteiger charge is -2.27. The predicted octanol–water partition coefficient (Wildman–Crippen LogP) is 2.32. The first-order valence-corrected chi connectivity index (χ1v) is 9.73. The van der Waals surface area contributed by atoms with Crippen molar-refractivity contribution in [2.24, 2.45) is 0 Å². The normalized spacial score (nSPS) is 21.0. The third kappa shape index (κ3) is 3.83. The summed E-state index contributed by atoms with van der Waals surface area (Å²) in [6, 6.07) is 3.46. The van der Waals surface area contributed by atoms with Crippen molar-refractivity contribution >= 4 is 35.1 Å². The molecule has 1 N–H and O–H groups in total. The predicted molar refractivity (Wildman–Crippen MR) is 97.2 cm³/mol. The van der Waals surface area contributed by atoms with Crippen LogP contribution in [0.1, 0.15) is 32.6 Å². The molecule has 0 saturated carbocycles.